The van der Waals surface area contributed by atoms with Gasteiger partial charge in [0.1, 0.15) is 6.04 Å². The third kappa shape index (κ3) is 6.00. The van der Waals surface area contributed by atoms with Crippen molar-refractivity contribution in [2.75, 3.05) is 13.1 Å². The van der Waals surface area contributed by atoms with E-state index < -0.39 is 10.0 Å². The second-order valence-corrected chi connectivity index (χ2v) is 11.5. The van der Waals surface area contributed by atoms with Crippen molar-refractivity contribution in [1.29, 1.82) is 0 Å². The van der Waals surface area contributed by atoms with Gasteiger partial charge in [-0.25, -0.2) is 8.42 Å². The van der Waals surface area contributed by atoms with E-state index in [0.717, 1.165) is 49.9 Å². The van der Waals surface area contributed by atoms with Gasteiger partial charge in [-0.3, -0.25) is 4.79 Å². The Labute approximate surface area is 196 Å². The lowest BCUT2D eigenvalue weighted by molar-refractivity contribution is -0.122. The Bertz CT molecular complexity index is 1040. The number of nitrogens with one attached hydrogen (secondary N) is 1. The standard InChI is InChI=1S/C24H34N4O4S/c1-17(2)22(24-26-23(27-32-24)19-10-11-19)25-21(29)14-9-18-7-12-20(13-8-18)33(30,31)28-15-5-3-4-6-16-28/h7-8,12-13,17,19,22H,3-6,9-11,14-16H2,1-2H3,(H,25,29). The van der Waals surface area contributed by atoms with E-state index in [0.29, 0.717) is 42.6 Å². The number of carbonyl (C=O) groups excluding carboxylic acids is 1. The predicted molar refractivity (Wildman–Crippen MR) is 124 cm³/mol. The van der Waals surface area contributed by atoms with E-state index in [1.807, 2.05) is 13.8 Å². The van der Waals surface area contributed by atoms with Crippen LogP contribution in [-0.4, -0.2) is 41.9 Å². The van der Waals surface area contributed by atoms with Crippen LogP contribution in [0.15, 0.2) is 33.7 Å². The molecule has 1 atom stereocenters. The number of nitrogens with zero attached hydrogens (tertiary/aromatic N) is 3. The first kappa shape index (κ1) is 23.9. The number of amides is 1. The van der Waals surface area contributed by atoms with Gasteiger partial charge in [-0.15, -0.1) is 0 Å². The first-order valence-electron chi connectivity index (χ1n) is 12.1. The fourth-order valence-electron chi connectivity index (χ4n) is 4.16. The molecule has 2 heterocycles. The summed E-state index contributed by atoms with van der Waals surface area (Å²) in [5.74, 6) is 1.62. The number of aromatic nitrogens is 2. The lowest BCUT2D eigenvalue weighted by Gasteiger charge is -2.20. The van der Waals surface area contributed by atoms with Crippen molar-refractivity contribution in [2.45, 2.75) is 82.1 Å². The van der Waals surface area contributed by atoms with Crippen LogP contribution >= 0.6 is 0 Å². The molecule has 1 aliphatic heterocycles. The molecular weight excluding hydrogens is 440 g/mol. The van der Waals surface area contributed by atoms with Crippen molar-refractivity contribution in [3.8, 4) is 0 Å². The smallest absolute Gasteiger partial charge is 0.249 e. The summed E-state index contributed by atoms with van der Waals surface area (Å²) < 4.78 is 32.9. The van der Waals surface area contributed by atoms with Crippen molar-refractivity contribution in [1.82, 2.24) is 19.8 Å². The molecule has 8 nitrogen and oxygen atoms in total. The first-order valence-corrected chi connectivity index (χ1v) is 13.5. The van der Waals surface area contributed by atoms with Gasteiger partial charge in [0.2, 0.25) is 21.8 Å². The van der Waals surface area contributed by atoms with Gasteiger partial charge in [-0.1, -0.05) is 44.0 Å². The second kappa shape index (κ2) is 10.3. The van der Waals surface area contributed by atoms with E-state index >= 15 is 0 Å². The van der Waals surface area contributed by atoms with Gasteiger partial charge in [0.15, 0.2) is 5.82 Å². The van der Waals surface area contributed by atoms with Gasteiger partial charge in [0, 0.05) is 25.4 Å². The van der Waals surface area contributed by atoms with Crippen molar-refractivity contribution < 1.29 is 17.7 Å². The highest BCUT2D eigenvalue weighted by molar-refractivity contribution is 7.89. The van der Waals surface area contributed by atoms with Gasteiger partial charge in [0.05, 0.1) is 4.90 Å². The number of sulfonamides is 1. The predicted octanol–water partition coefficient (Wildman–Crippen LogP) is 3.96. The minimum absolute atomic E-state index is 0.0962. The highest BCUT2D eigenvalue weighted by Crippen LogP contribution is 2.38. The number of hydrogen-bond donors (Lipinski definition) is 1. The summed E-state index contributed by atoms with van der Waals surface area (Å²) in [4.78, 5) is 17.4. The fourth-order valence-corrected chi connectivity index (χ4v) is 5.67. The molecule has 1 saturated heterocycles. The maximum atomic E-state index is 12.9. The minimum atomic E-state index is -3.46. The quantitative estimate of drug-likeness (QED) is 0.590. The lowest BCUT2D eigenvalue weighted by Crippen LogP contribution is -2.32. The zero-order valence-electron chi connectivity index (χ0n) is 19.5. The van der Waals surface area contributed by atoms with Crippen LogP contribution in [0.1, 0.15) is 88.0 Å². The molecule has 0 radical (unpaired) electrons. The van der Waals surface area contributed by atoms with Crippen molar-refractivity contribution in [2.24, 2.45) is 5.92 Å². The van der Waals surface area contributed by atoms with Crippen LogP contribution in [0.4, 0.5) is 0 Å². The van der Waals surface area contributed by atoms with Crippen LogP contribution < -0.4 is 5.32 Å². The van der Waals surface area contributed by atoms with Crippen LogP contribution in [0.3, 0.4) is 0 Å². The van der Waals surface area contributed by atoms with Crippen LogP contribution in [0.5, 0.6) is 0 Å². The largest absolute Gasteiger partial charge is 0.344 e. The molecule has 2 aliphatic rings. The molecule has 1 aromatic heterocycles. The summed E-state index contributed by atoms with van der Waals surface area (Å²) in [7, 11) is -3.46. The topological polar surface area (TPSA) is 105 Å². The average Bonchev–Trinajstić information content (AvgIpc) is 3.59. The minimum Gasteiger partial charge on any atom is -0.344 e. The molecule has 2 fully saturated rings. The van der Waals surface area contributed by atoms with Gasteiger partial charge < -0.3 is 9.84 Å². The maximum Gasteiger partial charge on any atom is 0.249 e. The average molecular weight is 475 g/mol. The number of carbonyl (C=O) groups is 1. The van der Waals surface area contributed by atoms with E-state index in [9.17, 15) is 13.2 Å². The number of hydrogen-bond acceptors (Lipinski definition) is 6. The summed E-state index contributed by atoms with van der Waals surface area (Å²) in [6, 6.07) is 6.60. The Hall–Kier alpha value is -2.26. The Morgan fingerprint density at radius 3 is 2.39 bits per heavy atom. The molecule has 1 aromatic carbocycles. The molecule has 1 amide bonds. The van der Waals surface area contributed by atoms with Crippen molar-refractivity contribution in [3.05, 3.63) is 41.5 Å². The van der Waals surface area contributed by atoms with Crippen molar-refractivity contribution in [3.63, 3.8) is 0 Å². The third-order valence-electron chi connectivity index (χ3n) is 6.42. The molecule has 1 unspecified atom stereocenters. The molecule has 9 heteroatoms. The van der Waals surface area contributed by atoms with Crippen LogP contribution in [0, 0.1) is 5.92 Å². The molecule has 0 spiro atoms. The maximum absolute atomic E-state index is 12.9. The van der Waals surface area contributed by atoms with E-state index in [1.165, 1.54) is 0 Å². The fraction of sp³-hybridized carbons (Fsp3) is 0.625. The van der Waals surface area contributed by atoms with E-state index in [2.05, 4.69) is 15.5 Å². The Morgan fingerprint density at radius 1 is 1.12 bits per heavy atom. The van der Waals surface area contributed by atoms with Gasteiger partial charge >= 0.3 is 0 Å². The summed E-state index contributed by atoms with van der Waals surface area (Å²) in [6.45, 7) is 5.19. The second-order valence-electron chi connectivity index (χ2n) is 9.52. The zero-order chi connectivity index (χ0) is 23.4. The SMILES string of the molecule is CC(C)C(NC(=O)CCc1ccc(S(=O)(=O)N2CCCCCC2)cc1)c1nc(C2CC2)no1. The molecule has 1 saturated carbocycles. The zero-order valence-corrected chi connectivity index (χ0v) is 20.3. The van der Waals surface area contributed by atoms with Crippen LogP contribution in [0.2, 0.25) is 0 Å². The van der Waals surface area contributed by atoms with Gasteiger partial charge in [-0.05, 0) is 55.7 Å². The molecule has 33 heavy (non-hydrogen) atoms. The number of benzene rings is 1. The summed E-state index contributed by atoms with van der Waals surface area (Å²) in [6.07, 6.45) is 7.00. The Balaban J connectivity index is 1.32. The van der Waals surface area contributed by atoms with Gasteiger partial charge in [0.25, 0.3) is 0 Å². The highest BCUT2D eigenvalue weighted by Gasteiger charge is 2.31. The van der Waals surface area contributed by atoms with Crippen molar-refractivity contribution >= 4 is 15.9 Å². The molecule has 1 aliphatic carbocycles. The van der Waals surface area contributed by atoms with Crippen LogP contribution in [-0.2, 0) is 21.2 Å². The molecule has 0 bridgehead atoms. The molecule has 180 valence electrons. The Morgan fingerprint density at radius 2 is 1.79 bits per heavy atom. The molecule has 1 N–H and O–H groups in total. The number of aryl methyl sites for hydroxylation is 1. The van der Waals surface area contributed by atoms with Gasteiger partial charge in [-0.2, -0.15) is 9.29 Å². The highest BCUT2D eigenvalue weighted by atomic mass is 32.2. The summed E-state index contributed by atoms with van der Waals surface area (Å²) in [5, 5.41) is 7.08. The molecular formula is C24H34N4O4S. The molecule has 2 aromatic rings. The number of rotatable bonds is 9. The normalized spacial score (nSPS) is 18.8. The molecule has 4 rings (SSSR count). The Kier molecular flexibility index (Phi) is 7.48. The van der Waals surface area contributed by atoms with E-state index in [-0.39, 0.29) is 17.9 Å². The monoisotopic (exact) mass is 474 g/mol. The first-order chi connectivity index (χ1) is 15.8. The van der Waals surface area contributed by atoms with Crippen LogP contribution in [0.25, 0.3) is 0 Å². The summed E-state index contributed by atoms with van der Waals surface area (Å²) >= 11 is 0. The van der Waals surface area contributed by atoms with E-state index in [1.54, 1.807) is 28.6 Å². The summed E-state index contributed by atoms with van der Waals surface area (Å²) in [5.41, 5.74) is 0.926. The lowest BCUT2D eigenvalue weighted by atomic mass is 10.0. The van der Waals surface area contributed by atoms with E-state index in [4.69, 9.17) is 4.52 Å². The third-order valence-corrected chi connectivity index (χ3v) is 8.33.